The van der Waals surface area contributed by atoms with Gasteiger partial charge in [-0.3, -0.25) is 4.79 Å². The summed E-state index contributed by atoms with van der Waals surface area (Å²) in [7, 11) is 0. The molecule has 0 aliphatic rings. The fourth-order valence-electron chi connectivity index (χ4n) is 1.47. The minimum Gasteiger partial charge on any atom is -0.348 e. The van der Waals surface area contributed by atoms with E-state index in [1.807, 2.05) is 52.0 Å². The Morgan fingerprint density at radius 3 is 2.33 bits per heavy atom. The molecule has 0 heterocycles. The number of rotatable bonds is 4. The number of hydrogen-bond acceptors (Lipinski definition) is 2. The van der Waals surface area contributed by atoms with Crippen molar-refractivity contribution in [1.82, 2.24) is 10.6 Å². The van der Waals surface area contributed by atoms with Gasteiger partial charge in [-0.15, -0.1) is 0 Å². The van der Waals surface area contributed by atoms with Crippen LogP contribution in [0.15, 0.2) is 24.3 Å². The fourth-order valence-corrected chi connectivity index (χ4v) is 1.60. The molecule has 3 nitrogen and oxygen atoms in total. The molecule has 1 rings (SSSR count). The van der Waals surface area contributed by atoms with Crippen molar-refractivity contribution >= 4 is 17.5 Å². The Balaban J connectivity index is 2.47. The number of carbonyl (C=O) groups excluding carboxylic acids is 1. The standard InChI is InChI=1S/C14H21ClN2O/c1-10(11-5-7-12(15)8-6-11)17-13(18)9-16-14(2,3)4/h5-8,10,16H,9H2,1-4H3,(H,17,18)/t10-/m1/s1. The Morgan fingerprint density at radius 1 is 1.28 bits per heavy atom. The molecule has 18 heavy (non-hydrogen) atoms. The summed E-state index contributed by atoms with van der Waals surface area (Å²) in [5, 5.41) is 6.80. The first-order valence-electron chi connectivity index (χ1n) is 6.08. The number of nitrogens with one attached hydrogen (secondary N) is 2. The first kappa shape index (κ1) is 15.0. The van der Waals surface area contributed by atoms with E-state index in [9.17, 15) is 4.79 Å². The average Bonchev–Trinajstić information content (AvgIpc) is 2.26. The highest BCUT2D eigenvalue weighted by molar-refractivity contribution is 6.30. The van der Waals surface area contributed by atoms with E-state index in [-0.39, 0.29) is 17.5 Å². The molecule has 0 bridgehead atoms. The van der Waals surface area contributed by atoms with Crippen molar-refractivity contribution in [3.8, 4) is 0 Å². The molecule has 0 radical (unpaired) electrons. The third kappa shape index (κ3) is 5.52. The quantitative estimate of drug-likeness (QED) is 0.882. The minimum atomic E-state index is -0.0547. The second-order valence-electron chi connectivity index (χ2n) is 5.44. The fraction of sp³-hybridized carbons (Fsp3) is 0.500. The molecule has 0 spiro atoms. The van der Waals surface area contributed by atoms with Gasteiger partial charge in [0.1, 0.15) is 0 Å². The van der Waals surface area contributed by atoms with Crippen LogP contribution in [0.1, 0.15) is 39.3 Å². The van der Waals surface area contributed by atoms with Crippen molar-refractivity contribution < 1.29 is 4.79 Å². The zero-order valence-electron chi connectivity index (χ0n) is 11.4. The molecule has 0 aliphatic carbocycles. The van der Waals surface area contributed by atoms with E-state index < -0.39 is 0 Å². The van der Waals surface area contributed by atoms with E-state index in [4.69, 9.17) is 11.6 Å². The van der Waals surface area contributed by atoms with E-state index in [1.165, 1.54) is 0 Å². The summed E-state index contributed by atoms with van der Waals surface area (Å²) in [5.41, 5.74) is 0.990. The Bertz CT molecular complexity index is 395. The second kappa shape index (κ2) is 6.21. The van der Waals surface area contributed by atoms with Gasteiger partial charge in [-0.05, 0) is 45.4 Å². The molecular formula is C14H21ClN2O. The predicted molar refractivity (Wildman–Crippen MR) is 75.8 cm³/mol. The normalized spacial score (nSPS) is 13.2. The van der Waals surface area contributed by atoms with Gasteiger partial charge in [0.15, 0.2) is 0 Å². The maximum absolute atomic E-state index is 11.7. The summed E-state index contributed by atoms with van der Waals surface area (Å²) in [6, 6.07) is 7.48. The van der Waals surface area contributed by atoms with Crippen LogP contribution in [0.25, 0.3) is 0 Å². The molecule has 1 atom stereocenters. The SMILES string of the molecule is C[C@@H](NC(=O)CNC(C)(C)C)c1ccc(Cl)cc1. The topological polar surface area (TPSA) is 41.1 Å². The van der Waals surface area contributed by atoms with Gasteiger partial charge in [0.25, 0.3) is 0 Å². The lowest BCUT2D eigenvalue weighted by atomic mass is 10.1. The summed E-state index contributed by atoms with van der Waals surface area (Å²) in [6.07, 6.45) is 0. The lowest BCUT2D eigenvalue weighted by molar-refractivity contribution is -0.121. The van der Waals surface area contributed by atoms with E-state index in [0.717, 1.165) is 5.56 Å². The third-order valence-electron chi connectivity index (χ3n) is 2.53. The van der Waals surface area contributed by atoms with Crippen molar-refractivity contribution in [2.24, 2.45) is 0 Å². The molecule has 1 aromatic rings. The van der Waals surface area contributed by atoms with Crippen LogP contribution in [-0.2, 0) is 4.79 Å². The molecule has 4 heteroatoms. The van der Waals surface area contributed by atoms with Gasteiger partial charge in [-0.1, -0.05) is 23.7 Å². The highest BCUT2D eigenvalue weighted by atomic mass is 35.5. The second-order valence-corrected chi connectivity index (χ2v) is 5.88. The van der Waals surface area contributed by atoms with E-state index in [1.54, 1.807) is 0 Å². The number of carbonyl (C=O) groups is 1. The third-order valence-corrected chi connectivity index (χ3v) is 2.78. The Hall–Kier alpha value is -1.06. The van der Waals surface area contributed by atoms with Crippen LogP contribution in [-0.4, -0.2) is 18.0 Å². The number of amides is 1. The summed E-state index contributed by atoms with van der Waals surface area (Å²) < 4.78 is 0. The van der Waals surface area contributed by atoms with Crippen molar-refractivity contribution in [2.75, 3.05) is 6.54 Å². The van der Waals surface area contributed by atoms with Gasteiger partial charge >= 0.3 is 0 Å². The molecule has 0 aromatic heterocycles. The largest absolute Gasteiger partial charge is 0.348 e. The van der Waals surface area contributed by atoms with Crippen LogP contribution >= 0.6 is 11.6 Å². The Morgan fingerprint density at radius 2 is 1.83 bits per heavy atom. The highest BCUT2D eigenvalue weighted by Crippen LogP contribution is 2.15. The zero-order chi connectivity index (χ0) is 13.8. The molecule has 2 N–H and O–H groups in total. The first-order chi connectivity index (χ1) is 8.28. The molecule has 0 unspecified atom stereocenters. The van der Waals surface area contributed by atoms with Crippen LogP contribution in [0.5, 0.6) is 0 Å². The van der Waals surface area contributed by atoms with E-state index in [2.05, 4.69) is 10.6 Å². The summed E-state index contributed by atoms with van der Waals surface area (Å²) in [6.45, 7) is 8.37. The van der Waals surface area contributed by atoms with Gasteiger partial charge in [0, 0.05) is 10.6 Å². The lowest BCUT2D eigenvalue weighted by Gasteiger charge is -2.21. The Labute approximate surface area is 114 Å². The van der Waals surface area contributed by atoms with E-state index in [0.29, 0.717) is 11.6 Å². The molecule has 1 amide bonds. The average molecular weight is 269 g/mol. The molecule has 0 aliphatic heterocycles. The summed E-state index contributed by atoms with van der Waals surface area (Å²) >= 11 is 5.82. The van der Waals surface area contributed by atoms with Gasteiger partial charge in [-0.25, -0.2) is 0 Å². The van der Waals surface area contributed by atoms with Gasteiger partial charge in [-0.2, -0.15) is 0 Å². The van der Waals surface area contributed by atoms with Crippen molar-refractivity contribution in [1.29, 1.82) is 0 Å². The van der Waals surface area contributed by atoms with Crippen LogP contribution in [0.4, 0.5) is 0 Å². The molecule has 0 saturated heterocycles. The van der Waals surface area contributed by atoms with Gasteiger partial charge in [0.2, 0.25) is 5.91 Å². The van der Waals surface area contributed by atoms with Crippen LogP contribution in [0.2, 0.25) is 5.02 Å². The zero-order valence-corrected chi connectivity index (χ0v) is 12.1. The number of hydrogen-bond donors (Lipinski definition) is 2. The van der Waals surface area contributed by atoms with Crippen molar-refractivity contribution in [3.63, 3.8) is 0 Å². The molecule has 0 saturated carbocycles. The molecular weight excluding hydrogens is 248 g/mol. The minimum absolute atomic E-state index is 0.00706. The van der Waals surface area contributed by atoms with Crippen LogP contribution in [0.3, 0.4) is 0 Å². The maximum atomic E-state index is 11.7. The number of benzene rings is 1. The van der Waals surface area contributed by atoms with Gasteiger partial charge < -0.3 is 10.6 Å². The molecule has 1 aromatic carbocycles. The molecule has 100 valence electrons. The van der Waals surface area contributed by atoms with Crippen LogP contribution in [0, 0.1) is 0 Å². The van der Waals surface area contributed by atoms with Crippen molar-refractivity contribution in [2.45, 2.75) is 39.3 Å². The first-order valence-corrected chi connectivity index (χ1v) is 6.45. The summed E-state index contributed by atoms with van der Waals surface area (Å²) in [5.74, 6) is -0.00706. The Kier molecular flexibility index (Phi) is 5.17. The monoisotopic (exact) mass is 268 g/mol. The van der Waals surface area contributed by atoms with Crippen molar-refractivity contribution in [3.05, 3.63) is 34.9 Å². The summed E-state index contributed by atoms with van der Waals surface area (Å²) in [4.78, 5) is 11.7. The van der Waals surface area contributed by atoms with Gasteiger partial charge in [0.05, 0.1) is 12.6 Å². The predicted octanol–water partition coefficient (Wildman–Crippen LogP) is 2.91. The lowest BCUT2D eigenvalue weighted by Crippen LogP contribution is -2.43. The molecule has 0 fully saturated rings. The highest BCUT2D eigenvalue weighted by Gasteiger charge is 2.13. The van der Waals surface area contributed by atoms with E-state index >= 15 is 0 Å². The maximum Gasteiger partial charge on any atom is 0.234 e. The van der Waals surface area contributed by atoms with Crippen LogP contribution < -0.4 is 10.6 Å². The smallest absolute Gasteiger partial charge is 0.234 e. The number of halogens is 1.